The zero-order valence-electron chi connectivity index (χ0n) is 20.3. The molecular weight excluding hydrogens is 506 g/mol. The summed E-state index contributed by atoms with van der Waals surface area (Å²) in [5.74, 6) is -3.01. The van der Waals surface area contributed by atoms with Crippen molar-refractivity contribution in [2.75, 3.05) is 52.9 Å². The van der Waals surface area contributed by atoms with Crippen LogP contribution in [0.25, 0.3) is 0 Å². The third-order valence-corrected chi connectivity index (χ3v) is 5.18. The summed E-state index contributed by atoms with van der Waals surface area (Å²) in [7, 11) is 1.57. The average molecular weight is 538 g/mol. The molecule has 0 fully saturated rings. The Hall–Kier alpha value is -3.98. The van der Waals surface area contributed by atoms with Crippen molar-refractivity contribution in [3.05, 3.63) is 35.9 Å². The van der Waals surface area contributed by atoms with Crippen LogP contribution in [-0.2, 0) is 39.3 Å². The number of hydrogen-bond donors (Lipinski definition) is 7. The zero-order valence-corrected chi connectivity index (χ0v) is 21.1. The topological polar surface area (TPSA) is 204 Å². The van der Waals surface area contributed by atoms with Gasteiger partial charge in [-0.3, -0.25) is 33.6 Å². The van der Waals surface area contributed by atoms with Crippen LogP contribution in [0.15, 0.2) is 30.3 Å². The van der Waals surface area contributed by atoms with Crippen LogP contribution in [0.1, 0.15) is 5.56 Å². The van der Waals surface area contributed by atoms with Crippen LogP contribution in [-0.4, -0.2) is 93.4 Å². The van der Waals surface area contributed by atoms with E-state index in [1.807, 2.05) is 30.3 Å². The monoisotopic (exact) mass is 537 g/mol. The number of likely N-dealkylation sites (N-methyl/N-ethyl adjacent to an activating group) is 1. The van der Waals surface area contributed by atoms with Crippen molar-refractivity contribution in [3.8, 4) is 0 Å². The molecule has 0 saturated carbocycles. The van der Waals surface area contributed by atoms with Crippen LogP contribution in [0.2, 0.25) is 0 Å². The van der Waals surface area contributed by atoms with Gasteiger partial charge >= 0.3 is 0 Å². The molecule has 6 amide bonds. The predicted octanol–water partition coefficient (Wildman–Crippen LogP) is -3.64. The third kappa shape index (κ3) is 16.3. The summed E-state index contributed by atoms with van der Waals surface area (Å²) >= 11 is 1.07. The quantitative estimate of drug-likeness (QED) is 0.111. The van der Waals surface area contributed by atoms with Gasteiger partial charge in [-0.15, -0.1) is 0 Å². The first-order valence-electron chi connectivity index (χ1n) is 11.1. The molecule has 1 aromatic rings. The highest BCUT2D eigenvalue weighted by Gasteiger charge is 2.11. The SMILES string of the molecule is CNCC(=O)NCC(=O)NCC(=O)NCC(=O)NCC(=O)NCC(=O)NCC(=O)SCc1ccccc1. The number of carbonyl (C=O) groups excluding carboxylic acids is 7. The molecule has 0 aliphatic rings. The fraction of sp³-hybridized carbons (Fsp3) is 0.409. The number of hydrogen-bond acceptors (Lipinski definition) is 9. The number of nitrogens with one attached hydrogen (secondary N) is 7. The Kier molecular flexibility index (Phi) is 15.4. The van der Waals surface area contributed by atoms with Gasteiger partial charge in [-0.2, -0.15) is 0 Å². The van der Waals surface area contributed by atoms with Crippen molar-refractivity contribution in [2.24, 2.45) is 0 Å². The molecule has 0 bridgehead atoms. The molecule has 14 nitrogen and oxygen atoms in total. The standard InChI is InChI=1S/C22H31N7O7S/c1-23-7-16(30)24-8-17(31)25-9-18(32)26-10-19(33)27-11-20(34)28-12-21(35)29-13-22(36)37-14-15-5-3-2-4-6-15/h2-6,23H,7-14H2,1H3,(H,24,30)(H,25,31)(H,26,32)(H,27,33)(H,28,34)(H,29,35). The minimum Gasteiger partial charge on any atom is -0.347 e. The summed E-state index contributed by atoms with van der Waals surface area (Å²) in [6.45, 7) is -2.10. The van der Waals surface area contributed by atoms with E-state index in [1.165, 1.54) is 0 Å². The van der Waals surface area contributed by atoms with Crippen LogP contribution in [0.3, 0.4) is 0 Å². The van der Waals surface area contributed by atoms with E-state index in [1.54, 1.807) is 7.05 Å². The molecule has 0 unspecified atom stereocenters. The molecule has 0 spiro atoms. The first-order chi connectivity index (χ1) is 17.7. The largest absolute Gasteiger partial charge is 0.347 e. The van der Waals surface area contributed by atoms with Crippen LogP contribution < -0.4 is 37.2 Å². The van der Waals surface area contributed by atoms with Crippen molar-refractivity contribution in [2.45, 2.75) is 5.75 Å². The molecule has 7 N–H and O–H groups in total. The van der Waals surface area contributed by atoms with Gasteiger partial charge in [0.15, 0.2) is 0 Å². The lowest BCUT2D eigenvalue weighted by atomic mass is 10.2. The van der Waals surface area contributed by atoms with E-state index < -0.39 is 49.2 Å². The van der Waals surface area contributed by atoms with Gasteiger partial charge in [0, 0.05) is 5.75 Å². The van der Waals surface area contributed by atoms with Gasteiger partial charge < -0.3 is 37.2 Å². The number of thioether (sulfide) groups is 1. The molecule has 0 aliphatic heterocycles. The molecule has 0 aromatic heterocycles. The smallest absolute Gasteiger partial charge is 0.239 e. The molecule has 1 aromatic carbocycles. The van der Waals surface area contributed by atoms with Gasteiger partial charge in [0.2, 0.25) is 40.6 Å². The maximum Gasteiger partial charge on any atom is 0.239 e. The van der Waals surface area contributed by atoms with Crippen molar-refractivity contribution in [3.63, 3.8) is 0 Å². The van der Waals surface area contributed by atoms with Crippen LogP contribution >= 0.6 is 11.8 Å². The minimum absolute atomic E-state index is 0.0456. The lowest BCUT2D eigenvalue weighted by molar-refractivity contribution is -0.129. The molecular formula is C22H31N7O7S. The second-order valence-electron chi connectivity index (χ2n) is 7.34. The van der Waals surface area contributed by atoms with Crippen molar-refractivity contribution < 1.29 is 33.6 Å². The summed E-state index contributed by atoms with van der Waals surface area (Å²) in [5, 5.41) is 16.2. The fourth-order valence-electron chi connectivity index (χ4n) is 2.39. The highest BCUT2D eigenvalue weighted by molar-refractivity contribution is 8.13. The Balaban J connectivity index is 2.09. The van der Waals surface area contributed by atoms with Gasteiger partial charge in [-0.25, -0.2) is 0 Å². The van der Waals surface area contributed by atoms with Crippen LogP contribution in [0.5, 0.6) is 0 Å². The summed E-state index contributed by atoms with van der Waals surface area (Å²) in [4.78, 5) is 81.6. The number of rotatable bonds is 16. The first-order valence-corrected chi connectivity index (χ1v) is 12.1. The molecule has 1 rings (SSSR count). The normalized spacial score (nSPS) is 9.97. The van der Waals surface area contributed by atoms with Crippen LogP contribution in [0, 0.1) is 0 Å². The Morgan fingerprint density at radius 3 is 1.27 bits per heavy atom. The number of benzene rings is 1. The van der Waals surface area contributed by atoms with Crippen LogP contribution in [0.4, 0.5) is 0 Å². The van der Waals surface area contributed by atoms with Gasteiger partial charge in [0.1, 0.15) is 0 Å². The summed E-state index contributed by atoms with van der Waals surface area (Å²) in [6, 6.07) is 9.38. The summed E-state index contributed by atoms with van der Waals surface area (Å²) < 4.78 is 0. The van der Waals surface area contributed by atoms with E-state index in [9.17, 15) is 33.6 Å². The second kappa shape index (κ2) is 18.3. The molecule has 37 heavy (non-hydrogen) atoms. The first kappa shape index (κ1) is 31.1. The maximum absolute atomic E-state index is 11.8. The fourth-order valence-corrected chi connectivity index (χ4v) is 3.08. The van der Waals surface area contributed by atoms with Crippen molar-refractivity contribution in [1.29, 1.82) is 0 Å². The van der Waals surface area contributed by atoms with Gasteiger partial charge in [-0.1, -0.05) is 42.1 Å². The molecule has 0 atom stereocenters. The highest BCUT2D eigenvalue weighted by Crippen LogP contribution is 2.11. The molecule has 0 aliphatic carbocycles. The maximum atomic E-state index is 11.8. The Morgan fingerprint density at radius 2 is 0.892 bits per heavy atom. The third-order valence-electron chi connectivity index (χ3n) is 4.24. The average Bonchev–Trinajstić information content (AvgIpc) is 2.89. The van der Waals surface area contributed by atoms with E-state index in [0.29, 0.717) is 5.75 Å². The van der Waals surface area contributed by atoms with Gasteiger partial charge in [0.25, 0.3) is 0 Å². The van der Waals surface area contributed by atoms with E-state index in [0.717, 1.165) is 17.3 Å². The van der Waals surface area contributed by atoms with Crippen molar-refractivity contribution >= 4 is 52.3 Å². The Morgan fingerprint density at radius 1 is 0.541 bits per heavy atom. The molecule has 202 valence electrons. The highest BCUT2D eigenvalue weighted by atomic mass is 32.2. The van der Waals surface area contributed by atoms with Crippen molar-refractivity contribution in [1.82, 2.24) is 37.2 Å². The lowest BCUT2D eigenvalue weighted by Gasteiger charge is -2.09. The van der Waals surface area contributed by atoms with E-state index in [4.69, 9.17) is 0 Å². The minimum atomic E-state index is -0.667. The lowest BCUT2D eigenvalue weighted by Crippen LogP contribution is -2.46. The number of amides is 6. The molecule has 0 radical (unpaired) electrons. The molecule has 0 saturated heterocycles. The van der Waals surface area contributed by atoms with E-state index >= 15 is 0 Å². The van der Waals surface area contributed by atoms with Gasteiger partial charge in [0.05, 0.1) is 45.8 Å². The summed E-state index contributed by atoms with van der Waals surface area (Å²) in [6.07, 6.45) is 0. The zero-order chi connectivity index (χ0) is 27.5. The Bertz CT molecular complexity index is 960. The predicted molar refractivity (Wildman–Crippen MR) is 135 cm³/mol. The Labute approximate surface area is 217 Å². The molecule has 0 heterocycles. The van der Waals surface area contributed by atoms with E-state index in [2.05, 4.69) is 37.2 Å². The van der Waals surface area contributed by atoms with E-state index in [-0.39, 0.29) is 37.2 Å². The summed E-state index contributed by atoms with van der Waals surface area (Å²) in [5.41, 5.74) is 0.982. The second-order valence-corrected chi connectivity index (χ2v) is 8.37. The number of carbonyl (C=O) groups is 7. The molecule has 15 heteroatoms. The van der Waals surface area contributed by atoms with Gasteiger partial charge in [-0.05, 0) is 12.6 Å².